The van der Waals surface area contributed by atoms with Gasteiger partial charge in [0.1, 0.15) is 11.6 Å². The first-order chi connectivity index (χ1) is 14.2. The van der Waals surface area contributed by atoms with Gasteiger partial charge in [0.25, 0.3) is 0 Å². The predicted molar refractivity (Wildman–Crippen MR) is 113 cm³/mol. The van der Waals surface area contributed by atoms with E-state index < -0.39 is 5.82 Å². The highest BCUT2D eigenvalue weighted by Crippen LogP contribution is 2.26. The number of guanidine groups is 1. The zero-order valence-corrected chi connectivity index (χ0v) is 17.5. The molecular formula is C21H28F2N4OS. The summed E-state index contributed by atoms with van der Waals surface area (Å²) in [6, 6.07) is 7.95. The molecule has 0 radical (unpaired) electrons. The Morgan fingerprint density at radius 3 is 2.79 bits per heavy atom. The molecule has 1 fully saturated rings. The number of hydrogen-bond donors (Lipinski definition) is 2. The van der Waals surface area contributed by atoms with Crippen LogP contribution in [0.15, 0.2) is 40.7 Å². The molecule has 0 aliphatic carbocycles. The summed E-state index contributed by atoms with van der Waals surface area (Å²) in [7, 11) is 0. The van der Waals surface area contributed by atoms with E-state index in [0.29, 0.717) is 31.0 Å². The van der Waals surface area contributed by atoms with Crippen LogP contribution in [0.4, 0.5) is 8.78 Å². The topological polar surface area (TPSA) is 48.9 Å². The van der Waals surface area contributed by atoms with Crippen LogP contribution in [0.5, 0.6) is 0 Å². The molecule has 0 amide bonds. The number of benzene rings is 1. The number of aliphatic imine (C=N–C) groups is 1. The van der Waals surface area contributed by atoms with Crippen molar-refractivity contribution in [1.29, 1.82) is 0 Å². The molecular weight excluding hydrogens is 394 g/mol. The normalized spacial score (nSPS) is 16.6. The largest absolute Gasteiger partial charge is 0.379 e. The van der Waals surface area contributed by atoms with Crippen molar-refractivity contribution < 1.29 is 13.5 Å². The summed E-state index contributed by atoms with van der Waals surface area (Å²) >= 11 is 1.74. The van der Waals surface area contributed by atoms with Crippen molar-refractivity contribution in [3.8, 4) is 0 Å². The van der Waals surface area contributed by atoms with E-state index in [-0.39, 0.29) is 11.9 Å². The van der Waals surface area contributed by atoms with Gasteiger partial charge in [0.05, 0.1) is 25.8 Å². The van der Waals surface area contributed by atoms with Crippen LogP contribution in [0.25, 0.3) is 0 Å². The highest BCUT2D eigenvalue weighted by Gasteiger charge is 2.23. The van der Waals surface area contributed by atoms with Crippen LogP contribution in [-0.2, 0) is 11.2 Å². The standard InChI is InChI=1S/C21H28F2N4OS/c1-2-24-21(25-8-7-16-14-17(22)5-6-18(16)23)26-15-19(20-4-3-13-29-20)27-9-11-28-12-10-27/h3-6,13-14,19H,2,7-12,15H2,1H3,(H2,24,25,26). The molecule has 2 N–H and O–H groups in total. The molecule has 8 heteroatoms. The number of nitrogens with one attached hydrogen (secondary N) is 2. The van der Waals surface area contributed by atoms with Crippen LogP contribution in [0, 0.1) is 11.6 Å². The summed E-state index contributed by atoms with van der Waals surface area (Å²) < 4.78 is 32.6. The number of rotatable bonds is 8. The summed E-state index contributed by atoms with van der Waals surface area (Å²) in [5.74, 6) is -0.134. The minimum atomic E-state index is -0.425. The number of halogens is 2. The molecule has 2 heterocycles. The van der Waals surface area contributed by atoms with Crippen LogP contribution in [-0.4, -0.2) is 56.8 Å². The van der Waals surface area contributed by atoms with Gasteiger partial charge >= 0.3 is 0 Å². The molecule has 1 aliphatic rings. The van der Waals surface area contributed by atoms with Gasteiger partial charge in [-0.15, -0.1) is 11.3 Å². The molecule has 5 nitrogen and oxygen atoms in total. The second-order valence-electron chi connectivity index (χ2n) is 6.81. The third kappa shape index (κ3) is 6.48. The second-order valence-corrected chi connectivity index (χ2v) is 7.79. The van der Waals surface area contributed by atoms with Crippen LogP contribution in [0.3, 0.4) is 0 Å². The fraction of sp³-hybridized carbons (Fsp3) is 0.476. The minimum absolute atomic E-state index is 0.204. The average molecular weight is 423 g/mol. The van der Waals surface area contributed by atoms with Crippen molar-refractivity contribution >= 4 is 17.3 Å². The molecule has 1 atom stereocenters. The summed E-state index contributed by atoms with van der Waals surface area (Å²) in [4.78, 5) is 8.46. The van der Waals surface area contributed by atoms with Gasteiger partial charge in [-0.1, -0.05) is 6.07 Å². The number of morpholine rings is 1. The van der Waals surface area contributed by atoms with E-state index in [4.69, 9.17) is 9.73 Å². The fourth-order valence-electron chi connectivity index (χ4n) is 3.33. The van der Waals surface area contributed by atoms with Gasteiger partial charge in [0.2, 0.25) is 0 Å². The smallest absolute Gasteiger partial charge is 0.191 e. The van der Waals surface area contributed by atoms with E-state index in [1.807, 2.05) is 6.92 Å². The second kappa shape index (κ2) is 11.2. The Hall–Kier alpha value is -2.03. The molecule has 2 aromatic rings. The zero-order valence-electron chi connectivity index (χ0n) is 16.7. The van der Waals surface area contributed by atoms with Crippen molar-refractivity contribution in [3.63, 3.8) is 0 Å². The molecule has 3 rings (SSSR count). The summed E-state index contributed by atoms with van der Waals surface area (Å²) in [5, 5.41) is 8.55. The quantitative estimate of drug-likeness (QED) is 0.507. The van der Waals surface area contributed by atoms with E-state index in [9.17, 15) is 8.78 Å². The van der Waals surface area contributed by atoms with Crippen LogP contribution in [0.2, 0.25) is 0 Å². The van der Waals surface area contributed by atoms with E-state index in [0.717, 1.165) is 45.0 Å². The Labute approximate surface area is 174 Å². The molecule has 1 aliphatic heterocycles. The summed E-state index contributed by atoms with van der Waals surface area (Å²) in [6.07, 6.45) is 0.381. The molecule has 1 aromatic heterocycles. The van der Waals surface area contributed by atoms with Gasteiger partial charge in [-0.05, 0) is 48.6 Å². The van der Waals surface area contributed by atoms with E-state index in [2.05, 4.69) is 33.0 Å². The highest BCUT2D eigenvalue weighted by atomic mass is 32.1. The molecule has 0 bridgehead atoms. The molecule has 0 spiro atoms. The number of thiophene rings is 1. The lowest BCUT2D eigenvalue weighted by Crippen LogP contribution is -2.42. The zero-order chi connectivity index (χ0) is 20.5. The fourth-order valence-corrected chi connectivity index (χ4v) is 4.18. The molecule has 1 unspecified atom stereocenters. The third-order valence-corrected chi connectivity index (χ3v) is 5.79. The molecule has 1 saturated heterocycles. The van der Waals surface area contributed by atoms with Crippen LogP contribution in [0.1, 0.15) is 23.4 Å². The van der Waals surface area contributed by atoms with Gasteiger partial charge in [0, 0.05) is 31.1 Å². The Balaban J connectivity index is 1.62. The first-order valence-corrected chi connectivity index (χ1v) is 10.9. The van der Waals surface area contributed by atoms with Crippen molar-refractivity contribution in [2.24, 2.45) is 4.99 Å². The van der Waals surface area contributed by atoms with Gasteiger partial charge in [0.15, 0.2) is 5.96 Å². The SMILES string of the molecule is CCNC(=NCC(c1cccs1)N1CCOCC1)NCCc1cc(F)ccc1F. The van der Waals surface area contributed by atoms with Gasteiger partial charge < -0.3 is 15.4 Å². The van der Waals surface area contributed by atoms with E-state index >= 15 is 0 Å². The average Bonchev–Trinajstić information content (AvgIpc) is 3.26. The Kier molecular flexibility index (Phi) is 8.39. The maximum Gasteiger partial charge on any atom is 0.191 e. The van der Waals surface area contributed by atoms with Gasteiger partial charge in [-0.3, -0.25) is 9.89 Å². The van der Waals surface area contributed by atoms with Crippen molar-refractivity contribution in [3.05, 3.63) is 57.8 Å². The highest BCUT2D eigenvalue weighted by molar-refractivity contribution is 7.10. The lowest BCUT2D eigenvalue weighted by Gasteiger charge is -2.33. The Morgan fingerprint density at radius 2 is 2.07 bits per heavy atom. The van der Waals surface area contributed by atoms with Gasteiger partial charge in [-0.2, -0.15) is 0 Å². The number of hydrogen-bond acceptors (Lipinski definition) is 4. The first-order valence-electron chi connectivity index (χ1n) is 9.98. The minimum Gasteiger partial charge on any atom is -0.379 e. The predicted octanol–water partition coefficient (Wildman–Crippen LogP) is 3.20. The molecule has 29 heavy (non-hydrogen) atoms. The van der Waals surface area contributed by atoms with Crippen molar-refractivity contribution in [2.75, 3.05) is 45.9 Å². The van der Waals surface area contributed by atoms with Crippen molar-refractivity contribution in [2.45, 2.75) is 19.4 Å². The Morgan fingerprint density at radius 1 is 1.24 bits per heavy atom. The number of ether oxygens (including phenoxy) is 1. The third-order valence-electron chi connectivity index (χ3n) is 4.82. The first kappa shape index (κ1) is 21.7. The maximum atomic E-state index is 13.8. The molecule has 1 aromatic carbocycles. The van der Waals surface area contributed by atoms with Gasteiger partial charge in [-0.25, -0.2) is 8.78 Å². The van der Waals surface area contributed by atoms with E-state index in [1.165, 1.54) is 10.9 Å². The lowest BCUT2D eigenvalue weighted by molar-refractivity contribution is 0.0186. The van der Waals surface area contributed by atoms with E-state index in [1.54, 1.807) is 11.3 Å². The summed E-state index contributed by atoms with van der Waals surface area (Å²) in [6.45, 7) is 7.06. The number of nitrogens with zero attached hydrogens (tertiary/aromatic N) is 2. The molecule has 0 saturated carbocycles. The molecule has 158 valence electrons. The maximum absolute atomic E-state index is 13.8. The monoisotopic (exact) mass is 422 g/mol. The van der Waals surface area contributed by atoms with Crippen LogP contribution >= 0.6 is 11.3 Å². The Bertz CT molecular complexity index is 779. The summed E-state index contributed by atoms with van der Waals surface area (Å²) in [5.41, 5.74) is 0.359. The lowest BCUT2D eigenvalue weighted by atomic mass is 10.1. The van der Waals surface area contributed by atoms with Crippen molar-refractivity contribution in [1.82, 2.24) is 15.5 Å². The van der Waals surface area contributed by atoms with Crippen LogP contribution < -0.4 is 10.6 Å².